The van der Waals surface area contributed by atoms with Crippen LogP contribution in [0.25, 0.3) is 10.8 Å². The van der Waals surface area contributed by atoms with Gasteiger partial charge in [-0.25, -0.2) is 4.98 Å². The van der Waals surface area contributed by atoms with E-state index in [0.717, 1.165) is 5.76 Å². The lowest BCUT2D eigenvalue weighted by Crippen LogP contribution is -2.30. The molecule has 0 spiro atoms. The van der Waals surface area contributed by atoms with E-state index >= 15 is 0 Å². The summed E-state index contributed by atoms with van der Waals surface area (Å²) >= 11 is 1.35. The van der Waals surface area contributed by atoms with Gasteiger partial charge in [0, 0.05) is 29.7 Å². The Hall–Kier alpha value is -2.93. The van der Waals surface area contributed by atoms with Gasteiger partial charge in [0.1, 0.15) is 11.5 Å². The third-order valence-corrected chi connectivity index (χ3v) is 4.99. The zero-order valence-electron chi connectivity index (χ0n) is 15.5. The maximum absolute atomic E-state index is 12.4. The Morgan fingerprint density at radius 3 is 2.41 bits per heavy atom. The number of hydrogen-bond acceptors (Lipinski definition) is 5. The van der Waals surface area contributed by atoms with Crippen molar-refractivity contribution >= 4 is 28.8 Å². The first-order valence-corrected chi connectivity index (χ1v) is 9.62. The molecule has 0 saturated heterocycles. The third kappa shape index (κ3) is 4.25. The summed E-state index contributed by atoms with van der Waals surface area (Å²) in [6.45, 7) is 7.08. The molecule has 6 nitrogen and oxygen atoms in total. The van der Waals surface area contributed by atoms with Crippen molar-refractivity contribution in [1.82, 2.24) is 9.88 Å². The zero-order chi connectivity index (χ0) is 19.4. The van der Waals surface area contributed by atoms with Crippen molar-refractivity contribution in [3.8, 4) is 10.8 Å². The minimum atomic E-state index is -0.302. The molecular weight excluding hydrogens is 362 g/mol. The fourth-order valence-corrected chi connectivity index (χ4v) is 3.39. The van der Waals surface area contributed by atoms with Crippen LogP contribution in [0.4, 0.5) is 5.69 Å². The van der Waals surface area contributed by atoms with Crippen LogP contribution >= 0.6 is 11.3 Å². The summed E-state index contributed by atoms with van der Waals surface area (Å²) in [6, 6.07) is 10.6. The summed E-state index contributed by atoms with van der Waals surface area (Å²) in [5.41, 5.74) is 1.53. The maximum atomic E-state index is 12.4. The molecule has 0 aliphatic rings. The highest BCUT2D eigenvalue weighted by Crippen LogP contribution is 2.26. The third-order valence-electron chi connectivity index (χ3n) is 4.13. The average Bonchev–Trinajstić information content (AvgIpc) is 3.32. The average molecular weight is 383 g/mol. The van der Waals surface area contributed by atoms with Gasteiger partial charge in [0.2, 0.25) is 0 Å². The Labute approximate surface area is 161 Å². The van der Waals surface area contributed by atoms with Gasteiger partial charge in [-0.05, 0) is 57.2 Å². The van der Waals surface area contributed by atoms with Gasteiger partial charge in [-0.15, -0.1) is 11.3 Å². The molecule has 0 atom stereocenters. The minimum Gasteiger partial charge on any atom is -0.459 e. The van der Waals surface area contributed by atoms with E-state index in [1.807, 2.05) is 32.9 Å². The van der Waals surface area contributed by atoms with E-state index in [1.54, 1.807) is 34.5 Å². The molecule has 0 bridgehead atoms. The van der Waals surface area contributed by atoms with Crippen LogP contribution in [0.5, 0.6) is 0 Å². The smallest absolute Gasteiger partial charge is 0.275 e. The molecule has 140 valence electrons. The number of anilines is 1. The molecule has 0 radical (unpaired) electrons. The monoisotopic (exact) mass is 383 g/mol. The van der Waals surface area contributed by atoms with Gasteiger partial charge in [-0.1, -0.05) is 0 Å². The molecule has 0 fully saturated rings. The number of carbonyl (C=O) groups excluding carboxylic acids is 2. The number of amides is 2. The lowest BCUT2D eigenvalue weighted by Gasteiger charge is -2.18. The van der Waals surface area contributed by atoms with Crippen molar-refractivity contribution in [2.45, 2.75) is 20.8 Å². The van der Waals surface area contributed by atoms with Crippen LogP contribution in [0.3, 0.4) is 0 Å². The van der Waals surface area contributed by atoms with Gasteiger partial charge in [0.05, 0.1) is 0 Å². The fourth-order valence-electron chi connectivity index (χ4n) is 2.63. The normalized spacial score (nSPS) is 10.6. The topological polar surface area (TPSA) is 75.4 Å². The Morgan fingerprint density at radius 2 is 1.81 bits per heavy atom. The predicted molar refractivity (Wildman–Crippen MR) is 106 cm³/mol. The molecule has 3 aromatic rings. The highest BCUT2D eigenvalue weighted by molar-refractivity contribution is 7.13. The van der Waals surface area contributed by atoms with E-state index in [1.165, 1.54) is 11.3 Å². The fraction of sp³-hybridized carbons (Fsp3) is 0.250. The SMILES string of the molecule is CCN(CC)C(=O)c1ccc(NC(=O)c2csc(-c3ccc(C)o3)n2)cc1. The summed E-state index contributed by atoms with van der Waals surface area (Å²) in [4.78, 5) is 30.8. The number of hydrogen-bond donors (Lipinski definition) is 1. The molecule has 7 heteroatoms. The van der Waals surface area contributed by atoms with Crippen LogP contribution in [0, 0.1) is 6.92 Å². The minimum absolute atomic E-state index is 0.0178. The molecular formula is C20H21N3O3S. The largest absolute Gasteiger partial charge is 0.459 e. The van der Waals surface area contributed by atoms with Crippen LogP contribution in [0.15, 0.2) is 46.2 Å². The van der Waals surface area contributed by atoms with Crippen LogP contribution in [0.2, 0.25) is 0 Å². The first kappa shape index (κ1) is 18.8. The Kier molecular flexibility index (Phi) is 5.71. The number of nitrogens with zero attached hydrogens (tertiary/aromatic N) is 2. The number of carbonyl (C=O) groups is 2. The van der Waals surface area contributed by atoms with Crippen LogP contribution in [-0.4, -0.2) is 34.8 Å². The van der Waals surface area contributed by atoms with Crippen molar-refractivity contribution in [2.75, 3.05) is 18.4 Å². The first-order chi connectivity index (χ1) is 13.0. The molecule has 2 amide bonds. The standard InChI is InChI=1S/C20H21N3O3S/c1-4-23(5-2)20(25)14-7-9-15(10-8-14)21-18(24)16-12-27-19(22-16)17-11-6-13(3)26-17/h6-12H,4-5H2,1-3H3,(H,21,24). The maximum Gasteiger partial charge on any atom is 0.275 e. The van der Waals surface area contributed by atoms with E-state index in [-0.39, 0.29) is 11.8 Å². The van der Waals surface area contributed by atoms with Gasteiger partial charge in [-0.2, -0.15) is 0 Å². The number of aryl methyl sites for hydroxylation is 1. The van der Waals surface area contributed by atoms with Crippen LogP contribution < -0.4 is 5.32 Å². The summed E-state index contributed by atoms with van der Waals surface area (Å²) in [6.07, 6.45) is 0. The molecule has 3 rings (SSSR count). The van der Waals surface area contributed by atoms with Crippen molar-refractivity contribution in [3.05, 3.63) is 58.8 Å². The summed E-state index contributed by atoms with van der Waals surface area (Å²) < 4.78 is 5.53. The highest BCUT2D eigenvalue weighted by atomic mass is 32.1. The summed E-state index contributed by atoms with van der Waals surface area (Å²) in [5, 5.41) is 5.16. The molecule has 2 heterocycles. The van der Waals surface area contributed by atoms with Gasteiger partial charge in [0.15, 0.2) is 10.8 Å². The number of nitrogens with one attached hydrogen (secondary N) is 1. The molecule has 0 unspecified atom stereocenters. The second-order valence-electron chi connectivity index (χ2n) is 5.96. The predicted octanol–water partition coefficient (Wildman–Crippen LogP) is 4.45. The molecule has 1 N–H and O–H groups in total. The van der Waals surface area contributed by atoms with Crippen molar-refractivity contribution in [1.29, 1.82) is 0 Å². The van der Waals surface area contributed by atoms with Crippen molar-refractivity contribution < 1.29 is 14.0 Å². The van der Waals surface area contributed by atoms with Crippen LogP contribution in [0.1, 0.15) is 40.5 Å². The molecule has 1 aromatic carbocycles. The molecule has 0 aliphatic carbocycles. The Balaban J connectivity index is 1.68. The van der Waals surface area contributed by atoms with Gasteiger partial charge < -0.3 is 14.6 Å². The van der Waals surface area contributed by atoms with Gasteiger partial charge >= 0.3 is 0 Å². The van der Waals surface area contributed by atoms with E-state index in [9.17, 15) is 9.59 Å². The van der Waals surface area contributed by atoms with Gasteiger partial charge in [-0.3, -0.25) is 9.59 Å². The molecule has 0 saturated carbocycles. The number of benzene rings is 1. The number of aromatic nitrogens is 1. The van der Waals surface area contributed by atoms with Gasteiger partial charge in [0.25, 0.3) is 11.8 Å². The summed E-state index contributed by atoms with van der Waals surface area (Å²) in [7, 11) is 0. The number of furan rings is 1. The first-order valence-electron chi connectivity index (χ1n) is 8.74. The zero-order valence-corrected chi connectivity index (χ0v) is 16.3. The summed E-state index contributed by atoms with van der Waals surface area (Å²) in [5.74, 6) is 1.13. The quantitative estimate of drug-likeness (QED) is 0.682. The van der Waals surface area contributed by atoms with E-state index < -0.39 is 0 Å². The van der Waals surface area contributed by atoms with E-state index in [2.05, 4.69) is 10.3 Å². The second kappa shape index (κ2) is 8.18. The van der Waals surface area contributed by atoms with Crippen molar-refractivity contribution in [3.63, 3.8) is 0 Å². The Morgan fingerprint density at radius 1 is 1.11 bits per heavy atom. The Bertz CT molecular complexity index is 940. The van der Waals surface area contributed by atoms with Crippen molar-refractivity contribution in [2.24, 2.45) is 0 Å². The highest BCUT2D eigenvalue weighted by Gasteiger charge is 2.15. The lowest BCUT2D eigenvalue weighted by molar-refractivity contribution is 0.0773. The second-order valence-corrected chi connectivity index (χ2v) is 6.82. The molecule has 0 aliphatic heterocycles. The van der Waals surface area contributed by atoms with E-state index in [0.29, 0.717) is 40.8 Å². The van der Waals surface area contributed by atoms with Crippen LogP contribution in [-0.2, 0) is 0 Å². The lowest BCUT2D eigenvalue weighted by atomic mass is 10.1. The van der Waals surface area contributed by atoms with E-state index in [4.69, 9.17) is 4.42 Å². The molecule has 2 aromatic heterocycles. The number of thiazole rings is 1. The number of rotatable bonds is 6. The molecule has 27 heavy (non-hydrogen) atoms.